The SMILES string of the molecule is CCCC1CC1(O)c1ccc(Br)cc1Cl. The summed E-state index contributed by atoms with van der Waals surface area (Å²) in [7, 11) is 0. The second-order valence-electron chi connectivity index (χ2n) is 4.24. The molecule has 0 radical (unpaired) electrons. The van der Waals surface area contributed by atoms with Crippen LogP contribution in [-0.2, 0) is 5.60 Å². The van der Waals surface area contributed by atoms with Crippen molar-refractivity contribution in [1.29, 1.82) is 0 Å². The Morgan fingerprint density at radius 1 is 1.60 bits per heavy atom. The van der Waals surface area contributed by atoms with Gasteiger partial charge in [0.15, 0.2) is 0 Å². The van der Waals surface area contributed by atoms with Gasteiger partial charge in [-0.25, -0.2) is 0 Å². The molecule has 82 valence electrons. The van der Waals surface area contributed by atoms with E-state index < -0.39 is 5.60 Å². The summed E-state index contributed by atoms with van der Waals surface area (Å²) >= 11 is 9.49. The molecule has 0 saturated heterocycles. The third-order valence-corrected chi connectivity index (χ3v) is 3.91. The van der Waals surface area contributed by atoms with Gasteiger partial charge in [0.1, 0.15) is 0 Å². The summed E-state index contributed by atoms with van der Waals surface area (Å²) in [6, 6.07) is 5.69. The van der Waals surface area contributed by atoms with E-state index in [1.54, 1.807) is 0 Å². The van der Waals surface area contributed by atoms with E-state index in [0.717, 1.165) is 29.3 Å². The van der Waals surface area contributed by atoms with Crippen LogP contribution in [0.15, 0.2) is 22.7 Å². The zero-order chi connectivity index (χ0) is 11.1. The van der Waals surface area contributed by atoms with Crippen LogP contribution in [0.25, 0.3) is 0 Å². The number of hydrogen-bond donors (Lipinski definition) is 1. The minimum Gasteiger partial charge on any atom is -0.385 e. The van der Waals surface area contributed by atoms with Crippen molar-refractivity contribution in [2.75, 3.05) is 0 Å². The van der Waals surface area contributed by atoms with Crippen molar-refractivity contribution in [3.8, 4) is 0 Å². The lowest BCUT2D eigenvalue weighted by molar-refractivity contribution is 0.129. The van der Waals surface area contributed by atoms with Crippen LogP contribution in [-0.4, -0.2) is 5.11 Å². The molecule has 1 aromatic rings. The Balaban J connectivity index is 2.24. The maximum atomic E-state index is 10.4. The molecule has 15 heavy (non-hydrogen) atoms. The molecule has 1 N–H and O–H groups in total. The molecular weight excluding hydrogens is 275 g/mol. The first-order valence-electron chi connectivity index (χ1n) is 5.26. The maximum Gasteiger partial charge on any atom is 0.0943 e. The zero-order valence-corrected chi connectivity index (χ0v) is 11.0. The molecule has 0 spiro atoms. The van der Waals surface area contributed by atoms with E-state index in [4.69, 9.17) is 11.6 Å². The molecule has 0 bridgehead atoms. The van der Waals surface area contributed by atoms with Crippen molar-refractivity contribution in [3.63, 3.8) is 0 Å². The Bertz CT molecular complexity index is 380. The van der Waals surface area contributed by atoms with Crippen molar-refractivity contribution in [2.24, 2.45) is 5.92 Å². The van der Waals surface area contributed by atoms with E-state index >= 15 is 0 Å². The van der Waals surface area contributed by atoms with E-state index in [0.29, 0.717) is 10.9 Å². The predicted octanol–water partition coefficient (Wildman–Crippen LogP) is 4.11. The predicted molar refractivity (Wildman–Crippen MR) is 66.1 cm³/mol. The van der Waals surface area contributed by atoms with Crippen LogP contribution >= 0.6 is 27.5 Å². The van der Waals surface area contributed by atoms with Gasteiger partial charge < -0.3 is 5.11 Å². The molecule has 3 heteroatoms. The van der Waals surface area contributed by atoms with E-state index in [2.05, 4.69) is 22.9 Å². The van der Waals surface area contributed by atoms with Crippen LogP contribution in [0.4, 0.5) is 0 Å². The summed E-state index contributed by atoms with van der Waals surface area (Å²) in [5.74, 6) is 0.390. The normalized spacial score (nSPS) is 29.2. The van der Waals surface area contributed by atoms with Crippen LogP contribution in [0.2, 0.25) is 5.02 Å². The molecule has 1 fully saturated rings. The minimum atomic E-state index is -0.659. The van der Waals surface area contributed by atoms with Gasteiger partial charge in [0.2, 0.25) is 0 Å². The maximum absolute atomic E-state index is 10.4. The fraction of sp³-hybridized carbons (Fsp3) is 0.500. The molecule has 0 aliphatic heterocycles. The number of halogens is 2. The Kier molecular flexibility index (Phi) is 3.11. The molecule has 0 aromatic heterocycles. The quantitative estimate of drug-likeness (QED) is 0.888. The molecule has 2 atom stereocenters. The lowest BCUT2D eigenvalue weighted by atomic mass is 10.0. The van der Waals surface area contributed by atoms with E-state index in [1.165, 1.54) is 0 Å². The second kappa shape index (κ2) is 4.08. The van der Waals surface area contributed by atoms with Crippen molar-refractivity contribution >= 4 is 27.5 Å². The van der Waals surface area contributed by atoms with Gasteiger partial charge in [0.05, 0.1) is 5.60 Å². The molecule has 0 amide bonds. The third kappa shape index (κ3) is 2.08. The molecule has 1 aliphatic rings. The fourth-order valence-electron chi connectivity index (χ4n) is 2.18. The smallest absolute Gasteiger partial charge is 0.0943 e. The van der Waals surface area contributed by atoms with Crippen LogP contribution < -0.4 is 0 Å². The van der Waals surface area contributed by atoms with Crippen molar-refractivity contribution in [3.05, 3.63) is 33.3 Å². The highest BCUT2D eigenvalue weighted by atomic mass is 79.9. The summed E-state index contributed by atoms with van der Waals surface area (Å²) in [6.07, 6.45) is 3.03. The van der Waals surface area contributed by atoms with E-state index in [1.807, 2.05) is 18.2 Å². The van der Waals surface area contributed by atoms with Gasteiger partial charge in [-0.1, -0.05) is 46.9 Å². The van der Waals surface area contributed by atoms with Crippen LogP contribution in [0.1, 0.15) is 31.7 Å². The number of benzene rings is 1. The van der Waals surface area contributed by atoms with Crippen LogP contribution in [0.5, 0.6) is 0 Å². The molecule has 1 nitrogen and oxygen atoms in total. The zero-order valence-electron chi connectivity index (χ0n) is 8.63. The molecule has 1 saturated carbocycles. The van der Waals surface area contributed by atoms with E-state index in [-0.39, 0.29) is 0 Å². The highest BCUT2D eigenvalue weighted by molar-refractivity contribution is 9.10. The Hall–Kier alpha value is -0.0500. The lowest BCUT2D eigenvalue weighted by Crippen LogP contribution is -2.09. The van der Waals surface area contributed by atoms with Gasteiger partial charge in [-0.3, -0.25) is 0 Å². The topological polar surface area (TPSA) is 20.2 Å². The average Bonchev–Trinajstić information content (AvgIpc) is 2.78. The number of rotatable bonds is 3. The molecule has 0 heterocycles. The summed E-state index contributed by atoms with van der Waals surface area (Å²) in [4.78, 5) is 0. The fourth-order valence-corrected chi connectivity index (χ4v) is 3.01. The van der Waals surface area contributed by atoms with Crippen molar-refractivity contribution in [1.82, 2.24) is 0 Å². The first kappa shape index (κ1) is 11.4. The lowest BCUT2D eigenvalue weighted by Gasteiger charge is -2.13. The van der Waals surface area contributed by atoms with Gasteiger partial charge in [-0.15, -0.1) is 0 Å². The summed E-state index contributed by atoms with van der Waals surface area (Å²) in [6.45, 7) is 2.14. The number of aliphatic hydroxyl groups is 1. The van der Waals surface area contributed by atoms with Gasteiger partial charge >= 0.3 is 0 Å². The van der Waals surface area contributed by atoms with Crippen LogP contribution in [0, 0.1) is 5.92 Å². The summed E-state index contributed by atoms with van der Waals surface area (Å²) < 4.78 is 0.951. The van der Waals surface area contributed by atoms with Gasteiger partial charge in [-0.05, 0) is 30.9 Å². The Labute approximate surface area is 104 Å². The van der Waals surface area contributed by atoms with Crippen molar-refractivity contribution in [2.45, 2.75) is 31.8 Å². The monoisotopic (exact) mass is 288 g/mol. The Morgan fingerprint density at radius 3 is 2.93 bits per heavy atom. The second-order valence-corrected chi connectivity index (χ2v) is 5.56. The molecule has 1 aliphatic carbocycles. The van der Waals surface area contributed by atoms with E-state index in [9.17, 15) is 5.11 Å². The molecule has 1 aromatic carbocycles. The third-order valence-electron chi connectivity index (χ3n) is 3.11. The summed E-state index contributed by atoms with van der Waals surface area (Å²) in [5.41, 5.74) is 0.221. The molecule has 2 unspecified atom stereocenters. The highest BCUT2D eigenvalue weighted by Gasteiger charge is 2.54. The summed E-state index contributed by atoms with van der Waals surface area (Å²) in [5, 5.41) is 11.0. The van der Waals surface area contributed by atoms with Gasteiger partial charge in [0, 0.05) is 15.1 Å². The number of hydrogen-bond acceptors (Lipinski definition) is 1. The van der Waals surface area contributed by atoms with Crippen LogP contribution in [0.3, 0.4) is 0 Å². The van der Waals surface area contributed by atoms with Crippen molar-refractivity contribution < 1.29 is 5.11 Å². The standard InChI is InChI=1S/C12H14BrClO/c1-2-3-8-7-12(8,15)10-5-4-9(13)6-11(10)14/h4-6,8,15H,2-3,7H2,1H3. The Morgan fingerprint density at radius 2 is 2.33 bits per heavy atom. The highest BCUT2D eigenvalue weighted by Crippen LogP contribution is 2.55. The first-order chi connectivity index (χ1) is 7.08. The first-order valence-corrected chi connectivity index (χ1v) is 6.43. The minimum absolute atomic E-state index is 0.390. The largest absolute Gasteiger partial charge is 0.385 e. The molecule has 2 rings (SSSR count). The van der Waals surface area contributed by atoms with Gasteiger partial charge in [0.25, 0.3) is 0 Å². The average molecular weight is 290 g/mol. The molecular formula is C12H14BrClO. The van der Waals surface area contributed by atoms with Gasteiger partial charge in [-0.2, -0.15) is 0 Å².